The van der Waals surface area contributed by atoms with Crippen molar-refractivity contribution < 1.29 is 14.3 Å². The Kier molecular flexibility index (Phi) is 6.82. The lowest BCUT2D eigenvalue weighted by Crippen LogP contribution is -2.52. The second-order valence-electron chi connectivity index (χ2n) is 7.48. The van der Waals surface area contributed by atoms with E-state index in [-0.39, 0.29) is 5.92 Å². The van der Waals surface area contributed by atoms with E-state index >= 15 is 0 Å². The molecule has 1 N–H and O–H groups in total. The first-order valence-electron chi connectivity index (χ1n) is 9.32. The first-order chi connectivity index (χ1) is 12.3. The SMILES string of the molecule is CC(OC(=O)c1cc2c(s1)CCCCCC2)C(=O)NC(C)(C#N)C(C)C. The third kappa shape index (κ3) is 4.85. The summed E-state index contributed by atoms with van der Waals surface area (Å²) in [5.41, 5.74) is 0.256. The number of aryl methyl sites for hydroxylation is 2. The van der Waals surface area contributed by atoms with E-state index in [4.69, 9.17) is 4.74 Å². The highest BCUT2D eigenvalue weighted by molar-refractivity contribution is 7.14. The number of nitriles is 1. The number of carbonyl (C=O) groups is 2. The maximum absolute atomic E-state index is 12.5. The van der Waals surface area contributed by atoms with Crippen molar-refractivity contribution in [3.8, 4) is 6.07 Å². The first kappa shape index (κ1) is 20.4. The summed E-state index contributed by atoms with van der Waals surface area (Å²) in [6.45, 7) is 6.93. The topological polar surface area (TPSA) is 79.2 Å². The van der Waals surface area contributed by atoms with Crippen LogP contribution in [0.2, 0.25) is 0 Å². The van der Waals surface area contributed by atoms with Gasteiger partial charge in [-0.2, -0.15) is 5.26 Å². The van der Waals surface area contributed by atoms with Gasteiger partial charge in [-0.15, -0.1) is 11.3 Å². The van der Waals surface area contributed by atoms with Crippen molar-refractivity contribution in [3.05, 3.63) is 21.4 Å². The number of nitrogens with zero attached hydrogens (tertiary/aromatic N) is 1. The largest absolute Gasteiger partial charge is 0.448 e. The van der Waals surface area contributed by atoms with Crippen LogP contribution in [0.4, 0.5) is 0 Å². The molecule has 142 valence electrons. The summed E-state index contributed by atoms with van der Waals surface area (Å²) < 4.78 is 5.36. The van der Waals surface area contributed by atoms with E-state index in [0.717, 1.165) is 25.7 Å². The number of nitrogens with one attached hydrogen (secondary N) is 1. The lowest BCUT2D eigenvalue weighted by molar-refractivity contribution is -0.130. The summed E-state index contributed by atoms with van der Waals surface area (Å²) in [6.07, 6.45) is 5.85. The third-order valence-electron chi connectivity index (χ3n) is 5.12. The molecule has 0 bridgehead atoms. The molecular formula is C20H28N2O3S. The normalized spacial score (nSPS) is 17.8. The molecule has 1 heterocycles. The van der Waals surface area contributed by atoms with E-state index in [1.807, 2.05) is 19.9 Å². The highest BCUT2D eigenvalue weighted by atomic mass is 32.1. The molecule has 1 aliphatic rings. The fourth-order valence-corrected chi connectivity index (χ4v) is 4.01. The zero-order valence-corrected chi connectivity index (χ0v) is 16.9. The molecule has 6 heteroatoms. The van der Waals surface area contributed by atoms with Crippen LogP contribution in [0.3, 0.4) is 0 Å². The monoisotopic (exact) mass is 376 g/mol. The number of amides is 1. The van der Waals surface area contributed by atoms with Gasteiger partial charge in [0.2, 0.25) is 0 Å². The molecule has 1 aliphatic carbocycles. The summed E-state index contributed by atoms with van der Waals surface area (Å²) in [5, 5.41) is 12.0. The standard InChI is InChI=1S/C20H28N2O3S/c1-13(2)20(4,12-21)22-18(23)14(3)25-19(24)17-11-15-9-7-5-6-8-10-16(15)26-17/h11,13-14H,5-10H2,1-4H3,(H,22,23). The van der Waals surface area contributed by atoms with Gasteiger partial charge in [0.05, 0.1) is 6.07 Å². The van der Waals surface area contributed by atoms with Gasteiger partial charge in [-0.1, -0.05) is 26.7 Å². The second kappa shape index (κ2) is 8.68. The van der Waals surface area contributed by atoms with Crippen molar-refractivity contribution in [1.29, 1.82) is 5.26 Å². The Balaban J connectivity index is 2.02. The van der Waals surface area contributed by atoms with Gasteiger partial charge in [-0.25, -0.2) is 4.79 Å². The minimum Gasteiger partial charge on any atom is -0.448 e. The van der Waals surface area contributed by atoms with Crippen LogP contribution in [0.25, 0.3) is 0 Å². The van der Waals surface area contributed by atoms with Gasteiger partial charge in [-0.05, 0) is 57.1 Å². The van der Waals surface area contributed by atoms with Gasteiger partial charge in [-0.3, -0.25) is 4.79 Å². The van der Waals surface area contributed by atoms with Crippen molar-refractivity contribution in [1.82, 2.24) is 5.32 Å². The van der Waals surface area contributed by atoms with E-state index in [1.165, 1.54) is 41.5 Å². The fraction of sp³-hybridized carbons (Fsp3) is 0.650. The van der Waals surface area contributed by atoms with Crippen molar-refractivity contribution in [2.24, 2.45) is 5.92 Å². The average molecular weight is 377 g/mol. The van der Waals surface area contributed by atoms with E-state index in [0.29, 0.717) is 4.88 Å². The molecule has 0 saturated heterocycles. The molecule has 0 saturated carbocycles. The number of ether oxygens (including phenoxy) is 1. The summed E-state index contributed by atoms with van der Waals surface area (Å²) in [6, 6.07) is 4.05. The van der Waals surface area contributed by atoms with E-state index < -0.39 is 23.5 Å². The molecule has 2 rings (SSSR count). The number of thiophene rings is 1. The average Bonchev–Trinajstić information content (AvgIpc) is 2.96. The van der Waals surface area contributed by atoms with Crippen LogP contribution in [0.1, 0.15) is 73.5 Å². The fourth-order valence-electron chi connectivity index (χ4n) is 2.88. The lowest BCUT2D eigenvalue weighted by Gasteiger charge is -2.28. The molecule has 0 aromatic carbocycles. The van der Waals surface area contributed by atoms with Crippen LogP contribution in [0.15, 0.2) is 6.07 Å². The number of hydrogen-bond donors (Lipinski definition) is 1. The van der Waals surface area contributed by atoms with Crippen LogP contribution < -0.4 is 5.32 Å². The zero-order chi connectivity index (χ0) is 19.3. The Morgan fingerprint density at radius 2 is 1.88 bits per heavy atom. The Bertz CT molecular complexity index is 679. The third-order valence-corrected chi connectivity index (χ3v) is 6.34. The maximum Gasteiger partial charge on any atom is 0.349 e. The maximum atomic E-state index is 12.5. The van der Waals surface area contributed by atoms with Gasteiger partial charge >= 0.3 is 5.97 Å². The smallest absolute Gasteiger partial charge is 0.349 e. The van der Waals surface area contributed by atoms with Gasteiger partial charge in [0.1, 0.15) is 10.4 Å². The van der Waals surface area contributed by atoms with Gasteiger partial charge in [0, 0.05) is 4.88 Å². The van der Waals surface area contributed by atoms with Crippen molar-refractivity contribution in [3.63, 3.8) is 0 Å². The number of hydrogen-bond acceptors (Lipinski definition) is 5. The first-order valence-corrected chi connectivity index (χ1v) is 10.1. The van der Waals surface area contributed by atoms with Crippen LogP contribution in [-0.2, 0) is 22.4 Å². The van der Waals surface area contributed by atoms with Gasteiger partial charge in [0.15, 0.2) is 6.10 Å². The van der Waals surface area contributed by atoms with Gasteiger partial charge < -0.3 is 10.1 Å². The molecule has 1 amide bonds. The molecule has 5 nitrogen and oxygen atoms in total. The van der Waals surface area contributed by atoms with Crippen LogP contribution in [0.5, 0.6) is 0 Å². The molecule has 0 spiro atoms. The molecule has 0 fully saturated rings. The highest BCUT2D eigenvalue weighted by Gasteiger charge is 2.33. The summed E-state index contributed by atoms with van der Waals surface area (Å²) >= 11 is 1.48. The van der Waals surface area contributed by atoms with Crippen molar-refractivity contribution in [2.75, 3.05) is 0 Å². The van der Waals surface area contributed by atoms with Crippen LogP contribution in [0, 0.1) is 17.2 Å². The van der Waals surface area contributed by atoms with Crippen molar-refractivity contribution in [2.45, 2.75) is 77.9 Å². The number of carbonyl (C=O) groups excluding carboxylic acids is 2. The minimum atomic E-state index is -0.990. The Morgan fingerprint density at radius 1 is 1.23 bits per heavy atom. The highest BCUT2D eigenvalue weighted by Crippen LogP contribution is 2.29. The summed E-state index contributed by atoms with van der Waals surface area (Å²) in [4.78, 5) is 26.6. The lowest BCUT2D eigenvalue weighted by atomic mass is 9.90. The molecule has 1 aromatic rings. The molecular weight excluding hydrogens is 348 g/mol. The second-order valence-corrected chi connectivity index (χ2v) is 8.62. The number of esters is 1. The molecule has 0 aliphatic heterocycles. The quantitative estimate of drug-likeness (QED) is 0.788. The molecule has 2 atom stereocenters. The zero-order valence-electron chi connectivity index (χ0n) is 16.1. The predicted octanol–water partition coefficient (Wildman–Crippen LogP) is 4.01. The van der Waals surface area contributed by atoms with E-state index in [9.17, 15) is 14.9 Å². The molecule has 0 radical (unpaired) electrons. The molecule has 26 heavy (non-hydrogen) atoms. The van der Waals surface area contributed by atoms with Crippen LogP contribution in [-0.4, -0.2) is 23.5 Å². The summed E-state index contributed by atoms with van der Waals surface area (Å²) in [5.74, 6) is -0.977. The van der Waals surface area contributed by atoms with E-state index in [2.05, 4.69) is 11.4 Å². The van der Waals surface area contributed by atoms with E-state index in [1.54, 1.807) is 6.92 Å². The number of fused-ring (bicyclic) bond motifs is 1. The molecule has 1 aromatic heterocycles. The predicted molar refractivity (Wildman–Crippen MR) is 102 cm³/mol. The Hall–Kier alpha value is -1.87. The Labute approximate surface area is 159 Å². The molecule has 2 unspecified atom stereocenters. The van der Waals surface area contributed by atoms with Crippen molar-refractivity contribution >= 4 is 23.2 Å². The number of rotatable bonds is 5. The minimum absolute atomic E-state index is 0.0590. The van der Waals surface area contributed by atoms with Crippen LogP contribution >= 0.6 is 11.3 Å². The Morgan fingerprint density at radius 3 is 2.50 bits per heavy atom. The summed E-state index contributed by atoms with van der Waals surface area (Å²) in [7, 11) is 0. The van der Waals surface area contributed by atoms with Gasteiger partial charge in [0.25, 0.3) is 5.91 Å².